The molecule has 0 bridgehead atoms. The summed E-state index contributed by atoms with van der Waals surface area (Å²) in [5, 5.41) is 0.657. The Morgan fingerprint density at radius 2 is 2.26 bits per heavy atom. The highest BCUT2D eigenvalue weighted by Gasteiger charge is 2.18. The first-order valence-corrected chi connectivity index (χ1v) is 6.79. The monoisotopic (exact) mass is 299 g/mol. The molecule has 0 aliphatic carbocycles. The minimum absolute atomic E-state index is 0.0327. The van der Waals surface area contributed by atoms with Gasteiger partial charge >= 0.3 is 5.97 Å². The van der Waals surface area contributed by atoms with Gasteiger partial charge in [0.05, 0.1) is 12.1 Å². The molecule has 19 heavy (non-hydrogen) atoms. The van der Waals surface area contributed by atoms with E-state index in [0.717, 1.165) is 4.88 Å². The molecule has 100 valence electrons. The Morgan fingerprint density at radius 1 is 1.53 bits per heavy atom. The van der Waals surface area contributed by atoms with Crippen LogP contribution in [0, 0.1) is 5.82 Å². The van der Waals surface area contributed by atoms with Crippen LogP contribution >= 0.6 is 22.9 Å². The maximum absolute atomic E-state index is 13.1. The topological polar surface area (TPSA) is 39.2 Å². The van der Waals surface area contributed by atoms with Crippen LogP contribution in [0.25, 0.3) is 10.6 Å². The molecular weight excluding hydrogens is 289 g/mol. The van der Waals surface area contributed by atoms with Crippen molar-refractivity contribution in [2.24, 2.45) is 0 Å². The highest BCUT2D eigenvalue weighted by Crippen LogP contribution is 2.31. The van der Waals surface area contributed by atoms with Gasteiger partial charge in [0, 0.05) is 10.4 Å². The molecule has 0 saturated carbocycles. The van der Waals surface area contributed by atoms with E-state index in [2.05, 4.69) is 9.72 Å². The first-order chi connectivity index (χ1) is 9.06. The molecule has 0 radical (unpaired) electrons. The molecule has 1 aromatic heterocycles. The number of methoxy groups -OCH3 is 1. The van der Waals surface area contributed by atoms with Crippen molar-refractivity contribution in [3.05, 3.63) is 39.6 Å². The predicted octanol–water partition coefficient (Wildman–Crippen LogP) is 3.95. The van der Waals surface area contributed by atoms with E-state index in [-0.39, 0.29) is 5.02 Å². The van der Waals surface area contributed by atoms with Crippen LogP contribution in [-0.2, 0) is 11.2 Å². The number of carbonyl (C=O) groups excluding carboxylic acids is 1. The molecule has 0 atom stereocenters. The van der Waals surface area contributed by atoms with Crippen molar-refractivity contribution in [2.75, 3.05) is 7.11 Å². The molecule has 0 N–H and O–H groups in total. The zero-order valence-corrected chi connectivity index (χ0v) is 11.9. The van der Waals surface area contributed by atoms with E-state index in [1.54, 1.807) is 6.07 Å². The van der Waals surface area contributed by atoms with Gasteiger partial charge in [0.1, 0.15) is 10.8 Å². The summed E-state index contributed by atoms with van der Waals surface area (Å²) in [7, 11) is 1.32. The van der Waals surface area contributed by atoms with Crippen LogP contribution in [0.4, 0.5) is 4.39 Å². The number of hydrogen-bond donors (Lipinski definition) is 0. The van der Waals surface area contributed by atoms with Gasteiger partial charge in [-0.2, -0.15) is 0 Å². The second-order valence-electron chi connectivity index (χ2n) is 3.76. The number of thiazole rings is 1. The molecule has 1 aromatic carbocycles. The lowest BCUT2D eigenvalue weighted by Gasteiger charge is -1.98. The van der Waals surface area contributed by atoms with Gasteiger partial charge in [0.2, 0.25) is 0 Å². The summed E-state index contributed by atoms with van der Waals surface area (Å²) in [4.78, 5) is 16.7. The van der Waals surface area contributed by atoms with Gasteiger partial charge < -0.3 is 4.74 Å². The van der Waals surface area contributed by atoms with E-state index in [0.29, 0.717) is 22.7 Å². The first-order valence-electron chi connectivity index (χ1n) is 5.60. The van der Waals surface area contributed by atoms with Gasteiger partial charge in [-0.25, -0.2) is 14.2 Å². The highest BCUT2D eigenvalue weighted by molar-refractivity contribution is 7.15. The van der Waals surface area contributed by atoms with Gasteiger partial charge in [-0.15, -0.1) is 11.3 Å². The number of aromatic nitrogens is 1. The van der Waals surface area contributed by atoms with Crippen LogP contribution < -0.4 is 0 Å². The summed E-state index contributed by atoms with van der Waals surface area (Å²) in [5.41, 5.74) is 0.992. The molecule has 0 amide bonds. The Labute approximate surface area is 119 Å². The molecular formula is C13H11ClFNO2S. The lowest BCUT2D eigenvalue weighted by atomic mass is 10.2. The molecule has 2 rings (SSSR count). The minimum Gasteiger partial charge on any atom is -0.464 e. The third-order valence-electron chi connectivity index (χ3n) is 2.56. The number of benzene rings is 1. The molecule has 2 aromatic rings. The van der Waals surface area contributed by atoms with Gasteiger partial charge in [0.15, 0.2) is 5.69 Å². The molecule has 1 heterocycles. The molecule has 3 nitrogen and oxygen atoms in total. The van der Waals surface area contributed by atoms with Crippen LogP contribution in [0.15, 0.2) is 18.2 Å². The number of nitrogens with zero attached hydrogens (tertiary/aromatic N) is 1. The molecule has 0 unspecified atom stereocenters. The Kier molecular flexibility index (Phi) is 4.17. The summed E-state index contributed by atoms with van der Waals surface area (Å²) >= 11 is 7.12. The van der Waals surface area contributed by atoms with Crippen molar-refractivity contribution in [3.8, 4) is 10.6 Å². The zero-order chi connectivity index (χ0) is 14.0. The summed E-state index contributed by atoms with van der Waals surface area (Å²) in [6.45, 7) is 1.93. The van der Waals surface area contributed by atoms with E-state index in [1.807, 2.05) is 6.92 Å². The van der Waals surface area contributed by atoms with Crippen molar-refractivity contribution in [3.63, 3.8) is 0 Å². The fraction of sp³-hybridized carbons (Fsp3) is 0.231. The largest absolute Gasteiger partial charge is 0.464 e. The summed E-state index contributed by atoms with van der Waals surface area (Å²) in [6.07, 6.45) is 0.678. The van der Waals surface area contributed by atoms with Crippen LogP contribution in [0.2, 0.25) is 5.02 Å². The second kappa shape index (κ2) is 5.67. The number of aryl methyl sites for hydroxylation is 1. The molecule has 0 spiro atoms. The summed E-state index contributed by atoms with van der Waals surface area (Å²) in [6, 6.07) is 4.36. The third-order valence-corrected chi connectivity index (χ3v) is 4.10. The van der Waals surface area contributed by atoms with Gasteiger partial charge in [-0.1, -0.05) is 18.5 Å². The SMILES string of the molecule is CCc1sc(-c2ccc(F)c(Cl)c2)nc1C(=O)OC. The second-order valence-corrected chi connectivity index (χ2v) is 5.26. The van der Waals surface area contributed by atoms with Gasteiger partial charge in [-0.05, 0) is 24.6 Å². The molecule has 0 aliphatic heterocycles. The Hall–Kier alpha value is -1.46. The molecule has 0 fully saturated rings. The number of esters is 1. The zero-order valence-electron chi connectivity index (χ0n) is 10.4. The van der Waals surface area contributed by atoms with E-state index in [4.69, 9.17) is 11.6 Å². The molecule has 6 heteroatoms. The van der Waals surface area contributed by atoms with E-state index in [1.165, 1.54) is 30.6 Å². The quantitative estimate of drug-likeness (QED) is 0.806. The van der Waals surface area contributed by atoms with Crippen molar-refractivity contribution in [1.82, 2.24) is 4.98 Å². The third kappa shape index (κ3) is 2.77. The average molecular weight is 300 g/mol. The maximum atomic E-state index is 13.1. The van der Waals surface area contributed by atoms with Crippen molar-refractivity contribution >= 4 is 28.9 Å². The number of ether oxygens (including phenoxy) is 1. The lowest BCUT2D eigenvalue weighted by Crippen LogP contribution is -2.04. The Bertz CT molecular complexity index is 627. The Balaban J connectivity index is 2.48. The lowest BCUT2D eigenvalue weighted by molar-refractivity contribution is 0.0594. The van der Waals surface area contributed by atoms with E-state index >= 15 is 0 Å². The Morgan fingerprint density at radius 3 is 2.84 bits per heavy atom. The summed E-state index contributed by atoms with van der Waals surface area (Å²) < 4.78 is 17.8. The van der Waals surface area contributed by atoms with Crippen molar-refractivity contribution in [2.45, 2.75) is 13.3 Å². The average Bonchev–Trinajstić information content (AvgIpc) is 2.85. The number of hydrogen-bond acceptors (Lipinski definition) is 4. The number of carbonyl (C=O) groups is 1. The number of halogens is 2. The van der Waals surface area contributed by atoms with E-state index in [9.17, 15) is 9.18 Å². The van der Waals surface area contributed by atoms with Crippen LogP contribution in [-0.4, -0.2) is 18.1 Å². The molecule has 0 saturated heterocycles. The standard InChI is InChI=1S/C13H11ClFNO2S/c1-3-10-11(13(17)18-2)16-12(19-10)7-4-5-9(15)8(14)6-7/h4-6H,3H2,1-2H3. The normalized spacial score (nSPS) is 10.5. The fourth-order valence-corrected chi connectivity index (χ4v) is 2.77. The fourth-order valence-electron chi connectivity index (χ4n) is 1.60. The first kappa shape index (κ1) is 14.0. The van der Waals surface area contributed by atoms with Gasteiger partial charge in [0.25, 0.3) is 0 Å². The number of rotatable bonds is 3. The van der Waals surface area contributed by atoms with Crippen molar-refractivity contribution < 1.29 is 13.9 Å². The van der Waals surface area contributed by atoms with Crippen LogP contribution in [0.5, 0.6) is 0 Å². The van der Waals surface area contributed by atoms with Crippen LogP contribution in [0.3, 0.4) is 0 Å². The predicted molar refractivity (Wildman–Crippen MR) is 73.2 cm³/mol. The van der Waals surface area contributed by atoms with Crippen LogP contribution in [0.1, 0.15) is 22.3 Å². The van der Waals surface area contributed by atoms with Gasteiger partial charge in [-0.3, -0.25) is 0 Å². The van der Waals surface area contributed by atoms with E-state index < -0.39 is 11.8 Å². The minimum atomic E-state index is -0.481. The highest BCUT2D eigenvalue weighted by atomic mass is 35.5. The summed E-state index contributed by atoms with van der Waals surface area (Å²) in [5.74, 6) is -0.946. The van der Waals surface area contributed by atoms with Crippen molar-refractivity contribution in [1.29, 1.82) is 0 Å². The smallest absolute Gasteiger partial charge is 0.357 e. The molecule has 0 aliphatic rings. The maximum Gasteiger partial charge on any atom is 0.357 e.